The van der Waals surface area contributed by atoms with E-state index in [0.717, 1.165) is 15.9 Å². The van der Waals surface area contributed by atoms with Gasteiger partial charge in [0.2, 0.25) is 11.9 Å². The first kappa shape index (κ1) is 16.0. The molecular weight excluding hydrogens is 362 g/mol. The Hall–Kier alpha value is -1.89. The maximum Gasteiger partial charge on any atom is 0.271 e. The predicted octanol–water partition coefficient (Wildman–Crippen LogP) is 4.45. The maximum absolute atomic E-state index is 6.04. The van der Waals surface area contributed by atoms with E-state index < -0.39 is 0 Å². The molecule has 0 saturated heterocycles. The van der Waals surface area contributed by atoms with Crippen LogP contribution < -0.4 is 4.74 Å². The third kappa shape index (κ3) is 3.72. The molecule has 0 radical (unpaired) electrons. The van der Waals surface area contributed by atoms with Crippen molar-refractivity contribution in [2.24, 2.45) is 11.1 Å². The summed E-state index contributed by atoms with van der Waals surface area (Å²) in [7, 11) is 0. The fraction of sp³-hybridized carbons (Fsp3) is 0.438. The lowest BCUT2D eigenvalue weighted by Gasteiger charge is -2.19. The van der Waals surface area contributed by atoms with Crippen molar-refractivity contribution in [1.82, 2.24) is 10.1 Å². The predicted molar refractivity (Wildman–Crippen MR) is 88.2 cm³/mol. The minimum Gasteiger partial charge on any atom is -0.482 e. The highest BCUT2D eigenvalue weighted by molar-refractivity contribution is 9.10. The minimum atomic E-state index is -0.295. The van der Waals surface area contributed by atoms with Gasteiger partial charge in [0.1, 0.15) is 5.75 Å². The lowest BCUT2D eigenvalue weighted by molar-refractivity contribution is 0.0599. The van der Waals surface area contributed by atoms with Gasteiger partial charge in [0, 0.05) is 10.9 Å². The van der Waals surface area contributed by atoms with Crippen molar-refractivity contribution in [1.29, 1.82) is 0 Å². The SMILES string of the molecule is CC1=NOC(c2nc(C(Oc3ccc(Br)cc3)C(C)C)no2)C1. The summed E-state index contributed by atoms with van der Waals surface area (Å²) in [6, 6.07) is 7.66. The molecule has 0 fully saturated rings. The fourth-order valence-corrected chi connectivity index (χ4v) is 2.53. The zero-order valence-electron chi connectivity index (χ0n) is 13.2. The molecule has 23 heavy (non-hydrogen) atoms. The molecule has 122 valence electrons. The zero-order valence-corrected chi connectivity index (χ0v) is 14.8. The Morgan fingerprint density at radius 3 is 2.61 bits per heavy atom. The number of aromatic nitrogens is 2. The molecule has 6 nitrogen and oxygen atoms in total. The summed E-state index contributed by atoms with van der Waals surface area (Å²) in [6.07, 6.45) is 0.0792. The van der Waals surface area contributed by atoms with E-state index in [1.54, 1.807) is 0 Å². The van der Waals surface area contributed by atoms with Crippen molar-refractivity contribution in [3.8, 4) is 5.75 Å². The Morgan fingerprint density at radius 1 is 1.26 bits per heavy atom. The van der Waals surface area contributed by atoms with Gasteiger partial charge in [-0.2, -0.15) is 4.98 Å². The quantitative estimate of drug-likeness (QED) is 0.767. The van der Waals surface area contributed by atoms with Crippen molar-refractivity contribution in [2.45, 2.75) is 39.4 Å². The van der Waals surface area contributed by atoms with Gasteiger partial charge in [-0.3, -0.25) is 0 Å². The van der Waals surface area contributed by atoms with E-state index in [-0.39, 0.29) is 18.1 Å². The topological polar surface area (TPSA) is 69.7 Å². The van der Waals surface area contributed by atoms with E-state index in [1.807, 2.05) is 31.2 Å². The van der Waals surface area contributed by atoms with Crippen LogP contribution in [0.4, 0.5) is 0 Å². The highest BCUT2D eigenvalue weighted by Crippen LogP contribution is 2.30. The molecule has 1 aliphatic heterocycles. The van der Waals surface area contributed by atoms with Crippen LogP contribution in [0.25, 0.3) is 0 Å². The second-order valence-corrected chi connectivity index (χ2v) is 6.77. The summed E-state index contributed by atoms with van der Waals surface area (Å²) in [5.41, 5.74) is 0.918. The summed E-state index contributed by atoms with van der Waals surface area (Å²) >= 11 is 3.41. The molecule has 0 aliphatic carbocycles. The Morgan fingerprint density at radius 2 is 2.00 bits per heavy atom. The van der Waals surface area contributed by atoms with Crippen LogP contribution in [-0.2, 0) is 4.84 Å². The number of oxime groups is 1. The van der Waals surface area contributed by atoms with E-state index in [4.69, 9.17) is 14.1 Å². The monoisotopic (exact) mass is 379 g/mol. The van der Waals surface area contributed by atoms with E-state index in [2.05, 4.69) is 45.1 Å². The Balaban J connectivity index is 1.76. The minimum absolute atomic E-state index is 0.187. The summed E-state index contributed by atoms with van der Waals surface area (Å²) in [5, 5.41) is 7.98. The molecule has 0 N–H and O–H groups in total. The van der Waals surface area contributed by atoms with Crippen LogP contribution in [0.15, 0.2) is 38.4 Å². The second kappa shape index (κ2) is 6.70. The van der Waals surface area contributed by atoms with Gasteiger partial charge in [-0.15, -0.1) is 0 Å². The molecule has 7 heteroatoms. The number of ether oxygens (including phenoxy) is 1. The van der Waals surface area contributed by atoms with Gasteiger partial charge in [-0.1, -0.05) is 40.1 Å². The lowest BCUT2D eigenvalue weighted by Crippen LogP contribution is -2.16. The van der Waals surface area contributed by atoms with Crippen molar-refractivity contribution in [3.05, 3.63) is 40.5 Å². The molecule has 0 amide bonds. The lowest BCUT2D eigenvalue weighted by atomic mass is 10.1. The van der Waals surface area contributed by atoms with Crippen LogP contribution in [0, 0.1) is 5.92 Å². The number of hydrogen-bond acceptors (Lipinski definition) is 6. The van der Waals surface area contributed by atoms with Gasteiger partial charge in [-0.25, -0.2) is 0 Å². The summed E-state index contributed by atoms with van der Waals surface area (Å²) in [4.78, 5) is 9.73. The van der Waals surface area contributed by atoms with Crippen LogP contribution in [0.1, 0.15) is 51.1 Å². The maximum atomic E-state index is 6.04. The molecule has 2 aromatic rings. The number of rotatable bonds is 5. The summed E-state index contributed by atoms with van der Waals surface area (Å²) in [5.74, 6) is 1.90. The first-order chi connectivity index (χ1) is 11.0. The van der Waals surface area contributed by atoms with Crippen LogP contribution >= 0.6 is 15.9 Å². The smallest absolute Gasteiger partial charge is 0.271 e. The highest BCUT2D eigenvalue weighted by atomic mass is 79.9. The van der Waals surface area contributed by atoms with Gasteiger partial charge < -0.3 is 14.1 Å². The van der Waals surface area contributed by atoms with E-state index >= 15 is 0 Å². The van der Waals surface area contributed by atoms with Crippen LogP contribution in [0.5, 0.6) is 5.75 Å². The van der Waals surface area contributed by atoms with Crippen molar-refractivity contribution in [3.63, 3.8) is 0 Å². The van der Waals surface area contributed by atoms with Crippen LogP contribution in [0.2, 0.25) is 0 Å². The molecular formula is C16H18BrN3O3. The van der Waals surface area contributed by atoms with E-state index in [0.29, 0.717) is 18.1 Å². The second-order valence-electron chi connectivity index (χ2n) is 5.85. The van der Waals surface area contributed by atoms with E-state index in [1.165, 1.54) is 0 Å². The molecule has 1 aliphatic rings. The number of benzene rings is 1. The van der Waals surface area contributed by atoms with Crippen LogP contribution in [-0.4, -0.2) is 15.9 Å². The van der Waals surface area contributed by atoms with Crippen LogP contribution in [0.3, 0.4) is 0 Å². The van der Waals surface area contributed by atoms with Crippen molar-refractivity contribution >= 4 is 21.6 Å². The normalized spacial score (nSPS) is 18.7. The number of nitrogens with zero attached hydrogens (tertiary/aromatic N) is 3. The molecule has 1 aromatic heterocycles. The molecule has 3 rings (SSSR count). The Labute approximate surface area is 143 Å². The molecule has 1 aromatic carbocycles. The average Bonchev–Trinajstić information content (AvgIpc) is 3.15. The molecule has 2 atom stereocenters. The van der Waals surface area contributed by atoms with Crippen molar-refractivity contribution in [2.75, 3.05) is 0 Å². The van der Waals surface area contributed by atoms with Gasteiger partial charge in [0.15, 0.2) is 6.10 Å². The molecule has 0 saturated carbocycles. The molecule has 0 bridgehead atoms. The molecule has 0 spiro atoms. The fourth-order valence-electron chi connectivity index (χ4n) is 2.27. The Kier molecular flexibility index (Phi) is 4.66. The average molecular weight is 380 g/mol. The van der Waals surface area contributed by atoms with E-state index in [9.17, 15) is 0 Å². The standard InChI is InChI=1S/C16H18BrN3O3/c1-9(2)14(21-12-6-4-11(17)5-7-12)15-18-16(23-20-15)13-8-10(3)19-22-13/h4-7,9,13-14H,8H2,1-3H3. The van der Waals surface area contributed by atoms with Gasteiger partial charge in [0.25, 0.3) is 5.89 Å². The summed E-state index contributed by atoms with van der Waals surface area (Å²) in [6.45, 7) is 6.02. The first-order valence-corrected chi connectivity index (χ1v) is 8.27. The third-order valence-corrected chi connectivity index (χ3v) is 4.01. The number of hydrogen-bond donors (Lipinski definition) is 0. The molecule has 2 unspecified atom stereocenters. The first-order valence-electron chi connectivity index (χ1n) is 7.48. The van der Waals surface area contributed by atoms with Crippen molar-refractivity contribution < 1.29 is 14.1 Å². The highest BCUT2D eigenvalue weighted by Gasteiger charge is 2.30. The number of halogens is 1. The Bertz CT molecular complexity index is 697. The zero-order chi connectivity index (χ0) is 16.4. The third-order valence-electron chi connectivity index (χ3n) is 3.49. The molecule has 2 heterocycles. The summed E-state index contributed by atoms with van der Waals surface area (Å²) < 4.78 is 12.4. The van der Waals surface area contributed by atoms with Gasteiger partial charge in [0.05, 0.1) is 5.71 Å². The van der Waals surface area contributed by atoms with Gasteiger partial charge >= 0.3 is 0 Å². The largest absolute Gasteiger partial charge is 0.482 e. The van der Waals surface area contributed by atoms with Gasteiger partial charge in [-0.05, 0) is 37.1 Å².